The van der Waals surface area contributed by atoms with E-state index in [0.29, 0.717) is 0 Å². The van der Waals surface area contributed by atoms with Crippen molar-refractivity contribution in [2.24, 2.45) is 17.8 Å². The summed E-state index contributed by atoms with van der Waals surface area (Å²) in [6, 6.07) is 0. The van der Waals surface area contributed by atoms with Gasteiger partial charge in [-0.05, 0) is 30.6 Å². The summed E-state index contributed by atoms with van der Waals surface area (Å²) in [5.41, 5.74) is 0. The van der Waals surface area contributed by atoms with E-state index in [2.05, 4.69) is 20.8 Å². The number of hydrogen-bond donors (Lipinski definition) is 0. The van der Waals surface area contributed by atoms with E-state index in [4.69, 9.17) is 0 Å². The van der Waals surface area contributed by atoms with Crippen molar-refractivity contribution >= 4 is 0 Å². The van der Waals surface area contributed by atoms with Crippen molar-refractivity contribution in [3.8, 4) is 0 Å². The molecule has 0 aliphatic heterocycles. The van der Waals surface area contributed by atoms with Gasteiger partial charge >= 0.3 is 0 Å². The summed E-state index contributed by atoms with van der Waals surface area (Å²) in [7, 11) is 0. The third-order valence-corrected chi connectivity index (χ3v) is 2.39. The molecule has 1 saturated carbocycles. The molecule has 2 atom stereocenters. The van der Waals surface area contributed by atoms with Crippen molar-refractivity contribution in [1.29, 1.82) is 0 Å². The quantitative estimate of drug-likeness (QED) is 0.577. The molecule has 0 aromatic heterocycles. The molecule has 0 heterocycles. The first-order chi connectivity index (χ1) is 5.20. The summed E-state index contributed by atoms with van der Waals surface area (Å²) in [4.78, 5) is 0. The zero-order valence-electron chi connectivity index (χ0n) is 8.85. The van der Waals surface area contributed by atoms with Crippen LogP contribution in [0.3, 0.4) is 0 Å². The molecular weight excluding hydrogens is 132 g/mol. The van der Waals surface area contributed by atoms with Gasteiger partial charge in [-0.15, -0.1) is 0 Å². The number of hydrogen-bond acceptors (Lipinski definition) is 0. The molecule has 0 radical (unpaired) electrons. The minimum atomic E-state index is 0.915. The van der Waals surface area contributed by atoms with Crippen LogP contribution in [-0.4, -0.2) is 0 Å². The molecule has 0 amide bonds. The fraction of sp³-hybridized carbons (Fsp3) is 1.00. The maximum absolute atomic E-state index is 2.37. The lowest BCUT2D eigenvalue weighted by molar-refractivity contribution is 0.515. The minimum absolute atomic E-state index is 0.915. The average molecular weight is 156 g/mol. The van der Waals surface area contributed by atoms with E-state index in [1.54, 1.807) is 0 Å². The van der Waals surface area contributed by atoms with E-state index in [1.807, 2.05) is 13.8 Å². The Balaban J connectivity index is 0.000000461. The SMILES string of the molecule is CC.CC(C)CCC1CC1C. The lowest BCUT2D eigenvalue weighted by atomic mass is 10.1. The fourth-order valence-corrected chi connectivity index (χ4v) is 1.35. The maximum Gasteiger partial charge on any atom is -0.0386 e. The Morgan fingerprint density at radius 2 is 1.73 bits per heavy atom. The van der Waals surface area contributed by atoms with Crippen LogP contribution in [-0.2, 0) is 0 Å². The molecule has 0 N–H and O–H groups in total. The van der Waals surface area contributed by atoms with Crippen molar-refractivity contribution in [3.05, 3.63) is 0 Å². The van der Waals surface area contributed by atoms with Gasteiger partial charge in [0.15, 0.2) is 0 Å². The highest BCUT2D eigenvalue weighted by atomic mass is 14.4. The smallest absolute Gasteiger partial charge is 0.0386 e. The second-order valence-corrected chi connectivity index (χ2v) is 3.94. The molecular formula is C11H24. The van der Waals surface area contributed by atoms with Gasteiger partial charge in [0.2, 0.25) is 0 Å². The van der Waals surface area contributed by atoms with Gasteiger partial charge in [0.25, 0.3) is 0 Å². The Morgan fingerprint density at radius 3 is 2.00 bits per heavy atom. The van der Waals surface area contributed by atoms with Gasteiger partial charge in [-0.1, -0.05) is 41.0 Å². The number of rotatable bonds is 3. The van der Waals surface area contributed by atoms with Crippen molar-refractivity contribution in [3.63, 3.8) is 0 Å². The standard InChI is InChI=1S/C9H18.C2H6/c1-7(2)4-5-9-6-8(9)3;1-2/h7-9H,4-6H2,1-3H3;1-2H3. The fourth-order valence-electron chi connectivity index (χ4n) is 1.35. The van der Waals surface area contributed by atoms with Crippen LogP contribution in [0.5, 0.6) is 0 Å². The zero-order chi connectivity index (χ0) is 8.85. The topological polar surface area (TPSA) is 0 Å². The molecule has 1 aliphatic rings. The van der Waals surface area contributed by atoms with Crippen LogP contribution in [0.2, 0.25) is 0 Å². The van der Waals surface area contributed by atoms with Crippen LogP contribution < -0.4 is 0 Å². The molecule has 2 unspecified atom stereocenters. The van der Waals surface area contributed by atoms with E-state index in [-0.39, 0.29) is 0 Å². The molecule has 11 heavy (non-hydrogen) atoms. The Kier molecular flexibility index (Phi) is 5.62. The first-order valence-electron chi connectivity index (χ1n) is 5.20. The van der Waals surface area contributed by atoms with Gasteiger partial charge in [0, 0.05) is 0 Å². The Bertz CT molecular complexity index is 84.0. The normalized spacial score (nSPS) is 27.8. The van der Waals surface area contributed by atoms with Gasteiger partial charge in [-0.3, -0.25) is 0 Å². The molecule has 0 bridgehead atoms. The summed E-state index contributed by atoms with van der Waals surface area (Å²) in [5, 5.41) is 0. The first-order valence-corrected chi connectivity index (χ1v) is 5.20. The third kappa shape index (κ3) is 5.29. The Labute approximate surface area is 72.4 Å². The summed E-state index contributed by atoms with van der Waals surface area (Å²) >= 11 is 0. The molecule has 1 fully saturated rings. The summed E-state index contributed by atoms with van der Waals surface area (Å²) in [6.45, 7) is 11.0. The molecule has 0 aromatic carbocycles. The molecule has 68 valence electrons. The predicted octanol–water partition coefficient (Wildman–Crippen LogP) is 4.10. The van der Waals surface area contributed by atoms with Gasteiger partial charge < -0.3 is 0 Å². The van der Waals surface area contributed by atoms with Gasteiger partial charge in [-0.25, -0.2) is 0 Å². The molecule has 0 saturated heterocycles. The third-order valence-electron chi connectivity index (χ3n) is 2.39. The predicted molar refractivity (Wildman–Crippen MR) is 52.7 cm³/mol. The van der Waals surface area contributed by atoms with Crippen LogP contribution in [0, 0.1) is 17.8 Å². The zero-order valence-corrected chi connectivity index (χ0v) is 8.85. The van der Waals surface area contributed by atoms with Crippen molar-refractivity contribution in [2.45, 2.75) is 53.9 Å². The van der Waals surface area contributed by atoms with Crippen LogP contribution in [0.15, 0.2) is 0 Å². The van der Waals surface area contributed by atoms with E-state index >= 15 is 0 Å². The summed E-state index contributed by atoms with van der Waals surface area (Å²) < 4.78 is 0. The molecule has 0 aromatic rings. The van der Waals surface area contributed by atoms with Crippen molar-refractivity contribution in [2.75, 3.05) is 0 Å². The van der Waals surface area contributed by atoms with E-state index in [0.717, 1.165) is 17.8 Å². The highest BCUT2D eigenvalue weighted by Gasteiger charge is 2.31. The van der Waals surface area contributed by atoms with Crippen molar-refractivity contribution in [1.82, 2.24) is 0 Å². The molecule has 0 spiro atoms. The first kappa shape index (κ1) is 11.0. The lowest BCUT2D eigenvalue weighted by Gasteiger charge is -2.01. The Morgan fingerprint density at radius 1 is 1.27 bits per heavy atom. The van der Waals surface area contributed by atoms with Gasteiger partial charge in [0.05, 0.1) is 0 Å². The van der Waals surface area contributed by atoms with E-state index < -0.39 is 0 Å². The van der Waals surface area contributed by atoms with Gasteiger partial charge in [-0.2, -0.15) is 0 Å². The van der Waals surface area contributed by atoms with Crippen LogP contribution in [0.25, 0.3) is 0 Å². The molecule has 0 heteroatoms. The van der Waals surface area contributed by atoms with Gasteiger partial charge in [0.1, 0.15) is 0 Å². The minimum Gasteiger partial charge on any atom is -0.0683 e. The lowest BCUT2D eigenvalue weighted by Crippen LogP contribution is -1.88. The Hall–Kier alpha value is 0. The van der Waals surface area contributed by atoms with E-state index in [1.165, 1.54) is 19.3 Å². The molecule has 0 nitrogen and oxygen atoms in total. The van der Waals surface area contributed by atoms with Crippen LogP contribution >= 0.6 is 0 Å². The van der Waals surface area contributed by atoms with Crippen LogP contribution in [0.4, 0.5) is 0 Å². The van der Waals surface area contributed by atoms with Crippen molar-refractivity contribution < 1.29 is 0 Å². The molecule has 1 aliphatic carbocycles. The largest absolute Gasteiger partial charge is 0.0683 e. The highest BCUT2D eigenvalue weighted by molar-refractivity contribution is 4.81. The average Bonchev–Trinajstić information content (AvgIpc) is 2.67. The monoisotopic (exact) mass is 156 g/mol. The summed E-state index contributed by atoms with van der Waals surface area (Å²) in [5.74, 6) is 3.08. The molecule has 1 rings (SSSR count). The van der Waals surface area contributed by atoms with Crippen LogP contribution in [0.1, 0.15) is 53.9 Å². The second kappa shape index (κ2) is 5.62. The maximum atomic E-state index is 2.37. The highest BCUT2D eigenvalue weighted by Crippen LogP contribution is 2.41. The van der Waals surface area contributed by atoms with E-state index in [9.17, 15) is 0 Å². The summed E-state index contributed by atoms with van der Waals surface area (Å²) in [6.07, 6.45) is 4.43. The second-order valence-electron chi connectivity index (χ2n) is 3.94.